The lowest BCUT2D eigenvalue weighted by Gasteiger charge is -2.23. The molecule has 3 amide bonds. The molecule has 2 heterocycles. The number of nitrogens with two attached hydrogens (primary N) is 1. The van der Waals surface area contributed by atoms with Gasteiger partial charge >= 0.3 is 12.2 Å². The van der Waals surface area contributed by atoms with E-state index in [2.05, 4.69) is 15.0 Å². The molecule has 3 N–H and O–H groups in total. The number of nitrogens with zero attached hydrogens (tertiary/aromatic N) is 2. The number of hydrogen-bond donors (Lipinski definition) is 2. The molecule has 1 aromatic carbocycles. The Morgan fingerprint density at radius 1 is 1.38 bits per heavy atom. The van der Waals surface area contributed by atoms with Crippen LogP contribution in [0.2, 0.25) is 0 Å². The topological polar surface area (TPSA) is 114 Å². The minimum Gasteiger partial charge on any atom is -0.453 e. The van der Waals surface area contributed by atoms with Crippen LogP contribution in [0.5, 0.6) is 0 Å². The van der Waals surface area contributed by atoms with E-state index in [0.29, 0.717) is 18.0 Å². The molecule has 0 spiro atoms. The molecule has 2 saturated heterocycles. The highest BCUT2D eigenvalue weighted by Crippen LogP contribution is 2.38. The van der Waals surface area contributed by atoms with Crippen molar-refractivity contribution in [1.82, 2.24) is 10.4 Å². The third kappa shape index (κ3) is 4.36. The summed E-state index contributed by atoms with van der Waals surface area (Å²) in [6.07, 6.45) is -1.64. The second-order valence-electron chi connectivity index (χ2n) is 7.36. The second-order valence-corrected chi connectivity index (χ2v) is 7.36. The van der Waals surface area contributed by atoms with Crippen LogP contribution in [-0.2, 0) is 14.3 Å². The van der Waals surface area contributed by atoms with Crippen LogP contribution in [0.15, 0.2) is 24.3 Å². The van der Waals surface area contributed by atoms with Gasteiger partial charge in [0.1, 0.15) is 12.1 Å². The zero-order chi connectivity index (χ0) is 21.1. The molecule has 0 saturated carbocycles. The molecular formula is C19H25FN4O5. The van der Waals surface area contributed by atoms with Gasteiger partial charge in [0, 0.05) is 25.3 Å². The number of halogens is 1. The Kier molecular flexibility index (Phi) is 6.09. The maximum Gasteiger partial charge on any atom is 0.439 e. The number of amides is 3. The summed E-state index contributed by atoms with van der Waals surface area (Å²) in [5.74, 6) is -1.19. The van der Waals surface area contributed by atoms with E-state index in [1.54, 1.807) is 12.1 Å². The van der Waals surface area contributed by atoms with Crippen LogP contribution in [0.3, 0.4) is 0 Å². The molecule has 2 aliphatic rings. The molecule has 1 aromatic rings. The average molecular weight is 408 g/mol. The first kappa shape index (κ1) is 20.7. The van der Waals surface area contributed by atoms with Crippen molar-refractivity contribution >= 4 is 23.8 Å². The van der Waals surface area contributed by atoms with Gasteiger partial charge in [0.05, 0.1) is 13.0 Å². The third-order valence-corrected chi connectivity index (χ3v) is 5.51. The quantitative estimate of drug-likeness (QED) is 0.693. The number of benzene rings is 1. The van der Waals surface area contributed by atoms with Crippen molar-refractivity contribution in [2.45, 2.75) is 25.5 Å². The maximum absolute atomic E-state index is 14.3. The van der Waals surface area contributed by atoms with Gasteiger partial charge in [-0.3, -0.25) is 4.79 Å². The highest BCUT2D eigenvalue weighted by atomic mass is 19.2. The van der Waals surface area contributed by atoms with E-state index in [4.69, 9.17) is 10.5 Å². The van der Waals surface area contributed by atoms with Crippen molar-refractivity contribution in [3.8, 4) is 0 Å². The lowest BCUT2D eigenvalue weighted by molar-refractivity contribution is -0.124. The Bertz CT molecular complexity index is 774. The number of carbonyl (C=O) groups excluding carboxylic acids is 3. The fourth-order valence-electron chi connectivity index (χ4n) is 3.75. The zero-order valence-electron chi connectivity index (χ0n) is 16.3. The highest BCUT2D eigenvalue weighted by molar-refractivity contribution is 5.79. The second kappa shape index (κ2) is 8.54. The van der Waals surface area contributed by atoms with Gasteiger partial charge in [-0.05, 0) is 37.0 Å². The maximum atomic E-state index is 14.3. The van der Waals surface area contributed by atoms with Gasteiger partial charge in [-0.25, -0.2) is 9.59 Å². The molecule has 4 unspecified atom stereocenters. The summed E-state index contributed by atoms with van der Waals surface area (Å²) >= 11 is 0. The third-order valence-electron chi connectivity index (χ3n) is 5.51. The Balaban J connectivity index is 1.67. The molecule has 0 aliphatic carbocycles. The number of methoxy groups -OCH3 is 1. The molecule has 29 heavy (non-hydrogen) atoms. The number of primary amides is 1. The first-order chi connectivity index (χ1) is 13.8. The molecule has 0 radical (unpaired) electrons. The Morgan fingerprint density at radius 2 is 2.07 bits per heavy atom. The lowest BCUT2D eigenvalue weighted by atomic mass is 9.92. The van der Waals surface area contributed by atoms with Crippen LogP contribution in [-0.4, -0.2) is 56.1 Å². The van der Waals surface area contributed by atoms with Crippen molar-refractivity contribution in [3.63, 3.8) is 0 Å². The van der Waals surface area contributed by atoms with E-state index in [1.165, 1.54) is 14.0 Å². The molecule has 9 nitrogen and oxygen atoms in total. The van der Waals surface area contributed by atoms with Gasteiger partial charge in [0.25, 0.3) is 0 Å². The summed E-state index contributed by atoms with van der Waals surface area (Å²) in [6.45, 7) is 3.64. The summed E-state index contributed by atoms with van der Waals surface area (Å²) in [4.78, 5) is 36.5. The fourth-order valence-corrected chi connectivity index (χ4v) is 3.75. The number of rotatable bonds is 6. The largest absolute Gasteiger partial charge is 0.453 e. The lowest BCUT2D eigenvalue weighted by Crippen LogP contribution is -2.35. The Morgan fingerprint density at radius 3 is 2.69 bits per heavy atom. The van der Waals surface area contributed by atoms with Crippen LogP contribution in [0.25, 0.3) is 0 Å². The number of ether oxygens (including phenoxy) is 2. The first-order valence-corrected chi connectivity index (χ1v) is 9.43. The first-order valence-electron chi connectivity index (χ1n) is 9.43. The molecule has 0 aromatic heterocycles. The van der Waals surface area contributed by atoms with Gasteiger partial charge in [0.2, 0.25) is 5.91 Å². The average Bonchev–Trinajstić information content (AvgIpc) is 3.30. The van der Waals surface area contributed by atoms with Crippen molar-refractivity contribution in [2.75, 3.05) is 31.6 Å². The monoisotopic (exact) mass is 408 g/mol. The van der Waals surface area contributed by atoms with Crippen LogP contribution in [0, 0.1) is 11.8 Å². The summed E-state index contributed by atoms with van der Waals surface area (Å²) < 4.78 is 23.9. The van der Waals surface area contributed by atoms with Gasteiger partial charge in [-0.1, -0.05) is 16.6 Å². The molecule has 158 valence electrons. The normalized spacial score (nSPS) is 24.9. The van der Waals surface area contributed by atoms with Gasteiger partial charge in [0.15, 0.2) is 0 Å². The Hall–Kier alpha value is -3.04. The van der Waals surface area contributed by atoms with Gasteiger partial charge < -0.3 is 25.4 Å². The molecule has 10 heteroatoms. The van der Waals surface area contributed by atoms with Crippen molar-refractivity contribution in [1.29, 1.82) is 0 Å². The van der Waals surface area contributed by atoms with Gasteiger partial charge in [-0.2, -0.15) is 0 Å². The van der Waals surface area contributed by atoms with E-state index >= 15 is 0 Å². The fraction of sp³-hybridized carbons (Fsp3) is 0.526. The predicted molar refractivity (Wildman–Crippen MR) is 101 cm³/mol. The number of hydrogen-bond acceptors (Lipinski definition) is 6. The van der Waals surface area contributed by atoms with E-state index in [0.717, 1.165) is 25.2 Å². The summed E-state index contributed by atoms with van der Waals surface area (Å²) in [5.41, 5.74) is 6.77. The molecule has 2 aliphatic heterocycles. The smallest absolute Gasteiger partial charge is 0.439 e. The van der Waals surface area contributed by atoms with Crippen LogP contribution >= 0.6 is 0 Å². The summed E-state index contributed by atoms with van der Waals surface area (Å²) in [5, 5.41) is 2.71. The number of cyclic esters (lactones) is 1. The van der Waals surface area contributed by atoms with E-state index < -0.39 is 36.2 Å². The highest BCUT2D eigenvalue weighted by Gasteiger charge is 2.47. The van der Waals surface area contributed by atoms with E-state index in [-0.39, 0.29) is 5.12 Å². The van der Waals surface area contributed by atoms with Crippen LogP contribution in [0.4, 0.5) is 19.8 Å². The minimum absolute atomic E-state index is 0.00345. The molecule has 0 bridgehead atoms. The number of alkyl carbamates (subject to hydrolysis) is 1. The molecular weight excluding hydrogens is 383 g/mol. The number of anilines is 1. The Labute approximate surface area is 167 Å². The van der Waals surface area contributed by atoms with E-state index in [1.807, 2.05) is 12.1 Å². The van der Waals surface area contributed by atoms with Crippen molar-refractivity contribution in [3.05, 3.63) is 29.8 Å². The van der Waals surface area contributed by atoms with Crippen LogP contribution in [0.1, 0.15) is 24.9 Å². The zero-order valence-corrected chi connectivity index (χ0v) is 16.3. The summed E-state index contributed by atoms with van der Waals surface area (Å²) in [6, 6.07) is 6.09. The van der Waals surface area contributed by atoms with Crippen molar-refractivity contribution < 1.29 is 28.3 Å². The van der Waals surface area contributed by atoms with E-state index in [9.17, 15) is 18.9 Å². The molecule has 4 atom stereocenters. The number of carbonyl (C=O) groups is 3. The predicted octanol–water partition coefficient (Wildman–Crippen LogP) is 1.74. The molecule has 2 fully saturated rings. The van der Waals surface area contributed by atoms with Crippen molar-refractivity contribution in [2.24, 2.45) is 17.6 Å². The van der Waals surface area contributed by atoms with Gasteiger partial charge in [-0.15, -0.1) is 5.12 Å². The SMILES string of the molecule is COC(=O)NCC1CCN(c2ccc(C3C(C(C)C(N)=O)OC(=O)N3F)cc2)C1. The summed E-state index contributed by atoms with van der Waals surface area (Å²) in [7, 11) is 1.33. The number of nitrogens with one attached hydrogen (secondary N) is 1. The molecule has 3 rings (SSSR count). The minimum atomic E-state index is -1.13. The van der Waals surface area contributed by atoms with Crippen LogP contribution < -0.4 is 16.0 Å². The standard InChI is InChI=1S/C19H25FN4O5/c1-11(17(21)25)16-15(24(20)19(27)29-16)13-3-5-14(6-4-13)23-8-7-12(10-23)9-22-18(26)28-2/h3-6,11-12,15-16H,7-10H2,1-2H3,(H2,21,25)(H,22,26).